The molecule has 0 heterocycles. The van der Waals surface area contributed by atoms with Crippen molar-refractivity contribution in [1.82, 2.24) is 0 Å². The molecule has 0 bridgehead atoms. The molecule has 4 aromatic carbocycles. The second kappa shape index (κ2) is 6.70. The lowest BCUT2D eigenvalue weighted by Gasteiger charge is -2.20. The first kappa shape index (κ1) is 15.9. The van der Waals surface area contributed by atoms with Gasteiger partial charge < -0.3 is 4.57 Å². The summed E-state index contributed by atoms with van der Waals surface area (Å²) in [6.07, 6.45) is 0.530. The topological polar surface area (TPSA) is 17.1 Å². The minimum absolute atomic E-state index is 0.530. The first-order valence-corrected chi connectivity index (χ1v) is 10.3. The SMILES string of the molecule is O=P(Cc1cccc2ccccc12)(c1ccccc1)c1ccccc1. The van der Waals surface area contributed by atoms with E-state index in [4.69, 9.17) is 0 Å². The van der Waals surface area contributed by atoms with E-state index in [2.05, 4.69) is 30.3 Å². The summed E-state index contributed by atoms with van der Waals surface area (Å²) in [6, 6.07) is 34.3. The molecule has 0 aliphatic carbocycles. The molecule has 0 atom stereocenters. The molecular weight excluding hydrogens is 323 g/mol. The molecule has 25 heavy (non-hydrogen) atoms. The normalized spacial score (nSPS) is 11.5. The fraction of sp³-hybridized carbons (Fsp3) is 0.0435. The van der Waals surface area contributed by atoms with E-state index >= 15 is 0 Å². The summed E-state index contributed by atoms with van der Waals surface area (Å²) in [4.78, 5) is 0. The Hall–Kier alpha value is -2.63. The molecule has 1 nitrogen and oxygen atoms in total. The molecule has 0 aromatic heterocycles. The van der Waals surface area contributed by atoms with Crippen LogP contribution in [0.1, 0.15) is 5.56 Å². The van der Waals surface area contributed by atoms with Gasteiger partial charge in [0.15, 0.2) is 0 Å². The predicted octanol–water partition coefficient (Wildman–Crippen LogP) is 5.35. The van der Waals surface area contributed by atoms with Crippen LogP contribution in [0, 0.1) is 0 Å². The van der Waals surface area contributed by atoms with Gasteiger partial charge in [-0.15, -0.1) is 0 Å². The van der Waals surface area contributed by atoms with E-state index in [0.717, 1.165) is 16.2 Å². The summed E-state index contributed by atoms with van der Waals surface area (Å²) in [5.41, 5.74) is 1.13. The zero-order valence-corrected chi connectivity index (χ0v) is 14.8. The van der Waals surface area contributed by atoms with Crippen LogP contribution < -0.4 is 10.6 Å². The van der Waals surface area contributed by atoms with Gasteiger partial charge in [0.05, 0.1) is 0 Å². The largest absolute Gasteiger partial charge is 0.313 e. The second-order valence-electron chi connectivity index (χ2n) is 6.21. The highest BCUT2D eigenvalue weighted by Gasteiger charge is 2.27. The van der Waals surface area contributed by atoms with Crippen molar-refractivity contribution < 1.29 is 4.57 Å². The summed E-state index contributed by atoms with van der Waals surface area (Å²) in [5, 5.41) is 4.19. The zero-order chi connectivity index (χ0) is 17.1. The molecule has 0 saturated heterocycles. The van der Waals surface area contributed by atoms with Crippen LogP contribution in [0.3, 0.4) is 0 Å². The summed E-state index contributed by atoms with van der Waals surface area (Å²) in [5.74, 6) is 0. The number of fused-ring (bicyclic) bond motifs is 1. The number of hydrogen-bond donors (Lipinski definition) is 0. The summed E-state index contributed by atoms with van der Waals surface area (Å²) in [7, 11) is -2.75. The van der Waals surface area contributed by atoms with Crippen LogP contribution in [0.25, 0.3) is 10.8 Å². The third-order valence-electron chi connectivity index (χ3n) is 4.62. The first-order chi connectivity index (χ1) is 12.3. The van der Waals surface area contributed by atoms with Crippen LogP contribution in [-0.4, -0.2) is 0 Å². The van der Waals surface area contributed by atoms with Crippen LogP contribution in [-0.2, 0) is 10.7 Å². The van der Waals surface area contributed by atoms with E-state index in [1.165, 1.54) is 10.8 Å². The van der Waals surface area contributed by atoms with Crippen LogP contribution in [0.2, 0.25) is 0 Å². The molecular formula is C23H19OP. The van der Waals surface area contributed by atoms with E-state index in [1.807, 2.05) is 72.8 Å². The molecule has 0 fully saturated rings. The molecule has 0 N–H and O–H groups in total. The van der Waals surface area contributed by atoms with Gasteiger partial charge in [0.2, 0.25) is 0 Å². The average molecular weight is 342 g/mol. The predicted molar refractivity (Wildman–Crippen MR) is 107 cm³/mol. The molecule has 2 heteroatoms. The van der Waals surface area contributed by atoms with Crippen molar-refractivity contribution in [3.63, 3.8) is 0 Å². The second-order valence-corrected chi connectivity index (χ2v) is 9.04. The lowest BCUT2D eigenvalue weighted by molar-refractivity contribution is 0.586. The fourth-order valence-corrected chi connectivity index (χ4v) is 6.07. The smallest absolute Gasteiger partial charge is 0.147 e. The van der Waals surface area contributed by atoms with E-state index in [-0.39, 0.29) is 0 Å². The standard InChI is InChI=1S/C23H19OP/c24-25(21-13-3-1-4-14-21,22-15-5-2-6-16-22)18-20-12-9-11-19-10-7-8-17-23(19)20/h1-17H,18H2. The summed E-state index contributed by atoms with van der Waals surface area (Å²) < 4.78 is 14.2. The van der Waals surface area contributed by atoms with Crippen molar-refractivity contribution in [3.05, 3.63) is 109 Å². The van der Waals surface area contributed by atoms with Crippen molar-refractivity contribution in [2.75, 3.05) is 0 Å². The van der Waals surface area contributed by atoms with Gasteiger partial charge in [0, 0.05) is 16.8 Å². The van der Waals surface area contributed by atoms with Crippen LogP contribution in [0.4, 0.5) is 0 Å². The zero-order valence-electron chi connectivity index (χ0n) is 13.9. The number of rotatable bonds is 4. The van der Waals surface area contributed by atoms with Gasteiger partial charge in [-0.25, -0.2) is 0 Å². The highest BCUT2D eigenvalue weighted by molar-refractivity contribution is 7.78. The van der Waals surface area contributed by atoms with Crippen molar-refractivity contribution in [1.29, 1.82) is 0 Å². The Labute approximate surface area is 148 Å². The minimum atomic E-state index is -2.75. The van der Waals surface area contributed by atoms with E-state index in [0.29, 0.717) is 6.16 Å². The highest BCUT2D eigenvalue weighted by atomic mass is 31.2. The monoisotopic (exact) mass is 342 g/mol. The van der Waals surface area contributed by atoms with E-state index in [9.17, 15) is 4.57 Å². The molecule has 0 saturated carbocycles. The Bertz CT molecular complexity index is 990. The maximum absolute atomic E-state index is 14.2. The Morgan fingerprint density at radius 3 is 1.72 bits per heavy atom. The molecule has 0 aliphatic rings. The fourth-order valence-electron chi connectivity index (χ4n) is 3.34. The van der Waals surface area contributed by atoms with Crippen LogP contribution >= 0.6 is 7.14 Å². The van der Waals surface area contributed by atoms with Gasteiger partial charge in [-0.05, 0) is 16.3 Å². The molecule has 0 aliphatic heterocycles. The number of benzene rings is 4. The quantitative estimate of drug-likeness (QED) is 0.457. The third-order valence-corrected chi connectivity index (χ3v) is 7.67. The van der Waals surface area contributed by atoms with Gasteiger partial charge in [-0.1, -0.05) is 103 Å². The molecule has 0 unspecified atom stereocenters. The maximum atomic E-state index is 14.2. The maximum Gasteiger partial charge on any atom is 0.147 e. The third kappa shape index (κ3) is 3.04. The molecule has 0 amide bonds. The van der Waals surface area contributed by atoms with E-state index < -0.39 is 7.14 Å². The van der Waals surface area contributed by atoms with Gasteiger partial charge in [-0.2, -0.15) is 0 Å². The first-order valence-electron chi connectivity index (χ1n) is 8.44. The minimum Gasteiger partial charge on any atom is -0.313 e. The van der Waals surface area contributed by atoms with Crippen molar-refractivity contribution in [2.45, 2.75) is 6.16 Å². The van der Waals surface area contributed by atoms with Gasteiger partial charge in [0.1, 0.15) is 7.14 Å². The molecule has 4 aromatic rings. The summed E-state index contributed by atoms with van der Waals surface area (Å²) >= 11 is 0. The molecule has 122 valence electrons. The van der Waals surface area contributed by atoms with Crippen LogP contribution in [0.5, 0.6) is 0 Å². The molecule has 4 rings (SSSR count). The van der Waals surface area contributed by atoms with Gasteiger partial charge in [-0.3, -0.25) is 0 Å². The van der Waals surface area contributed by atoms with Gasteiger partial charge >= 0.3 is 0 Å². The summed E-state index contributed by atoms with van der Waals surface area (Å²) in [6.45, 7) is 0. The van der Waals surface area contributed by atoms with Crippen molar-refractivity contribution >= 4 is 28.5 Å². The molecule has 0 radical (unpaired) electrons. The van der Waals surface area contributed by atoms with Gasteiger partial charge in [0.25, 0.3) is 0 Å². The van der Waals surface area contributed by atoms with E-state index in [1.54, 1.807) is 0 Å². The van der Waals surface area contributed by atoms with Crippen LogP contribution in [0.15, 0.2) is 103 Å². The lowest BCUT2D eigenvalue weighted by atomic mass is 10.1. The highest BCUT2D eigenvalue weighted by Crippen LogP contribution is 2.47. The Kier molecular flexibility index (Phi) is 4.26. The molecule has 0 spiro atoms. The lowest BCUT2D eigenvalue weighted by Crippen LogP contribution is -2.17. The Balaban J connectivity index is 1.89. The Morgan fingerprint density at radius 2 is 1.08 bits per heavy atom. The Morgan fingerprint density at radius 1 is 0.560 bits per heavy atom. The van der Waals surface area contributed by atoms with Crippen molar-refractivity contribution in [2.24, 2.45) is 0 Å². The van der Waals surface area contributed by atoms with Crippen molar-refractivity contribution in [3.8, 4) is 0 Å². The average Bonchev–Trinajstić information content (AvgIpc) is 2.69. The number of hydrogen-bond acceptors (Lipinski definition) is 1.